The van der Waals surface area contributed by atoms with E-state index in [1.54, 1.807) is 0 Å². The second-order valence-corrected chi connectivity index (χ2v) is 6.63. The van der Waals surface area contributed by atoms with Crippen LogP contribution in [0.3, 0.4) is 0 Å². The minimum absolute atomic E-state index is 0.728. The Morgan fingerprint density at radius 1 is 0.852 bits per heavy atom. The number of carbonyl (C=O) groups excluding carboxylic acids is 5. The lowest BCUT2D eigenvalue weighted by molar-refractivity contribution is -0.344. The van der Waals surface area contributed by atoms with E-state index in [4.69, 9.17) is 4.74 Å². The third-order valence-electron chi connectivity index (χ3n) is 4.74. The Morgan fingerprint density at radius 2 is 1.30 bits per heavy atom. The van der Waals surface area contributed by atoms with Crippen LogP contribution < -0.4 is 5.32 Å². The molecule has 1 fully saturated rings. The molecule has 1 unspecified atom stereocenters. The molecule has 0 spiro atoms. The summed E-state index contributed by atoms with van der Waals surface area (Å²) < 4.78 is 5.03. The molecular formula is C16H23NO10. The van der Waals surface area contributed by atoms with Crippen LogP contribution in [0.5, 0.6) is 0 Å². The number of carbonyl (C=O) groups is 5. The molecule has 1 amide bonds. The Bertz CT molecular complexity index is 705. The van der Waals surface area contributed by atoms with Gasteiger partial charge in [0.2, 0.25) is 5.91 Å². The Kier molecular flexibility index (Phi) is 6.10. The average molecular weight is 389 g/mol. The lowest BCUT2D eigenvalue weighted by atomic mass is 9.63. The number of aliphatic hydroxyl groups excluding tert-OH is 1. The summed E-state index contributed by atoms with van der Waals surface area (Å²) in [4.78, 5) is 59.8. The van der Waals surface area contributed by atoms with Crippen LogP contribution in [0, 0.1) is 0 Å². The van der Waals surface area contributed by atoms with Gasteiger partial charge in [0.1, 0.15) is 18.2 Å². The molecule has 0 radical (unpaired) electrons. The van der Waals surface area contributed by atoms with Crippen LogP contribution in [0.15, 0.2) is 0 Å². The molecule has 6 atom stereocenters. The highest BCUT2D eigenvalue weighted by molar-refractivity contribution is 6.02. The maximum Gasteiger partial charge on any atom is 0.251 e. The number of hydrogen-bond donors (Lipinski definition) is 5. The van der Waals surface area contributed by atoms with E-state index >= 15 is 0 Å². The zero-order chi connectivity index (χ0) is 21.5. The van der Waals surface area contributed by atoms with Crippen LogP contribution in [-0.2, 0) is 28.7 Å². The lowest BCUT2D eigenvalue weighted by Gasteiger charge is -2.57. The minimum Gasteiger partial charge on any atom is -0.382 e. The molecule has 1 saturated heterocycles. The maximum atomic E-state index is 12.3. The SMILES string of the molecule is CC(=O)N[C@@H]1[C@](O)(C(C)=O)O[C@H](C(O)C(C)=O)[C@](O)(C(C)=O)[C@@]1(O)C(C)=O. The van der Waals surface area contributed by atoms with Crippen molar-refractivity contribution in [2.24, 2.45) is 0 Å². The molecule has 27 heavy (non-hydrogen) atoms. The van der Waals surface area contributed by atoms with Crippen molar-refractivity contribution in [2.75, 3.05) is 0 Å². The number of nitrogens with one attached hydrogen (secondary N) is 1. The first-order valence-electron chi connectivity index (χ1n) is 7.92. The molecule has 0 aliphatic carbocycles. The van der Waals surface area contributed by atoms with Gasteiger partial charge in [-0.2, -0.15) is 0 Å². The molecule has 0 bridgehead atoms. The molecule has 1 aliphatic rings. The first-order valence-corrected chi connectivity index (χ1v) is 7.92. The number of amides is 1. The van der Waals surface area contributed by atoms with Crippen LogP contribution in [0.4, 0.5) is 0 Å². The Labute approximate surface area is 154 Å². The molecule has 0 aromatic carbocycles. The molecular weight excluding hydrogens is 366 g/mol. The standard InChI is InChI=1S/C16H23NO10/c1-6(18)11(23)12-14(24,7(2)19)15(25,8(3)20)13(17-10(5)22)16(26,27-12)9(4)21/h11-13,23-26H,1-5H3,(H,17,22)/t11?,12-,13+,14-,15-,16+/m1/s1. The van der Waals surface area contributed by atoms with Crippen LogP contribution in [-0.4, -0.2) is 84.7 Å². The van der Waals surface area contributed by atoms with Crippen LogP contribution in [0.25, 0.3) is 0 Å². The highest BCUT2D eigenvalue weighted by atomic mass is 16.7. The topological polar surface area (TPSA) is 188 Å². The molecule has 152 valence electrons. The van der Waals surface area contributed by atoms with Crippen molar-refractivity contribution in [2.45, 2.75) is 69.9 Å². The fourth-order valence-electron chi connectivity index (χ4n) is 3.21. The van der Waals surface area contributed by atoms with E-state index in [0.29, 0.717) is 0 Å². The molecule has 1 rings (SSSR count). The first kappa shape index (κ1) is 23.0. The molecule has 5 N–H and O–H groups in total. The molecule has 0 aromatic heterocycles. The largest absolute Gasteiger partial charge is 0.382 e. The van der Waals surface area contributed by atoms with Gasteiger partial charge in [-0.05, 0) is 20.8 Å². The van der Waals surface area contributed by atoms with E-state index in [0.717, 1.165) is 34.6 Å². The van der Waals surface area contributed by atoms with E-state index in [1.807, 2.05) is 5.32 Å². The second kappa shape index (κ2) is 7.17. The number of rotatable bonds is 6. The van der Waals surface area contributed by atoms with Gasteiger partial charge in [-0.1, -0.05) is 0 Å². The van der Waals surface area contributed by atoms with Crippen molar-refractivity contribution >= 4 is 29.0 Å². The van der Waals surface area contributed by atoms with Gasteiger partial charge in [-0.15, -0.1) is 0 Å². The second-order valence-electron chi connectivity index (χ2n) is 6.63. The summed E-state index contributed by atoms with van der Waals surface area (Å²) in [6.45, 7) is 4.02. The monoisotopic (exact) mass is 389 g/mol. The van der Waals surface area contributed by atoms with Gasteiger partial charge < -0.3 is 30.5 Å². The fourth-order valence-corrected chi connectivity index (χ4v) is 3.21. The van der Waals surface area contributed by atoms with E-state index in [2.05, 4.69) is 0 Å². The van der Waals surface area contributed by atoms with Crippen molar-refractivity contribution in [3.05, 3.63) is 0 Å². The molecule has 0 saturated carbocycles. The van der Waals surface area contributed by atoms with Crippen LogP contribution >= 0.6 is 0 Å². The molecule has 0 aromatic rings. The number of Topliss-reactive ketones (excluding diaryl/α,β-unsaturated/α-hetero) is 4. The van der Waals surface area contributed by atoms with Gasteiger partial charge in [-0.3, -0.25) is 24.0 Å². The van der Waals surface area contributed by atoms with Crippen LogP contribution in [0.1, 0.15) is 34.6 Å². The summed E-state index contributed by atoms with van der Waals surface area (Å²) in [6, 6.07) is -2.32. The summed E-state index contributed by atoms with van der Waals surface area (Å²) in [5.41, 5.74) is -6.59. The van der Waals surface area contributed by atoms with Gasteiger partial charge in [0.15, 0.2) is 34.3 Å². The number of aliphatic hydroxyl groups is 4. The third-order valence-corrected chi connectivity index (χ3v) is 4.74. The molecule has 11 nitrogen and oxygen atoms in total. The number of ketones is 4. The van der Waals surface area contributed by atoms with Crippen molar-refractivity contribution in [1.29, 1.82) is 0 Å². The van der Waals surface area contributed by atoms with Crippen LogP contribution in [0.2, 0.25) is 0 Å². The smallest absolute Gasteiger partial charge is 0.251 e. The zero-order valence-electron chi connectivity index (χ0n) is 15.5. The number of hydrogen-bond acceptors (Lipinski definition) is 10. The Hall–Kier alpha value is -2.05. The summed E-state index contributed by atoms with van der Waals surface area (Å²) >= 11 is 0. The maximum absolute atomic E-state index is 12.3. The zero-order valence-corrected chi connectivity index (χ0v) is 15.5. The third kappa shape index (κ3) is 3.21. The normalized spacial score (nSPS) is 37.2. The minimum atomic E-state index is -3.32. The van der Waals surface area contributed by atoms with Crippen molar-refractivity contribution in [3.63, 3.8) is 0 Å². The molecule has 1 aliphatic heterocycles. The first-order chi connectivity index (χ1) is 12.1. The van der Waals surface area contributed by atoms with Gasteiger partial charge >= 0.3 is 0 Å². The lowest BCUT2D eigenvalue weighted by Crippen LogP contribution is -2.87. The molecule has 11 heteroatoms. The highest BCUT2D eigenvalue weighted by Crippen LogP contribution is 2.45. The van der Waals surface area contributed by atoms with Crippen molar-refractivity contribution in [3.8, 4) is 0 Å². The van der Waals surface area contributed by atoms with Gasteiger partial charge in [0.05, 0.1) is 0 Å². The summed E-state index contributed by atoms with van der Waals surface area (Å²) in [5, 5.41) is 44.8. The van der Waals surface area contributed by atoms with E-state index in [9.17, 15) is 44.4 Å². The van der Waals surface area contributed by atoms with E-state index in [-0.39, 0.29) is 0 Å². The molecule has 1 heterocycles. The summed E-state index contributed by atoms with van der Waals surface area (Å²) in [5.74, 6) is -9.01. The average Bonchev–Trinajstić information content (AvgIpc) is 2.53. The quantitative estimate of drug-likeness (QED) is 0.309. The van der Waals surface area contributed by atoms with Crippen molar-refractivity contribution < 1.29 is 49.1 Å². The predicted molar refractivity (Wildman–Crippen MR) is 86.1 cm³/mol. The van der Waals surface area contributed by atoms with E-state index in [1.165, 1.54) is 0 Å². The van der Waals surface area contributed by atoms with Gasteiger partial charge in [-0.25, -0.2) is 0 Å². The van der Waals surface area contributed by atoms with E-state index < -0.39 is 64.3 Å². The van der Waals surface area contributed by atoms with Crippen molar-refractivity contribution in [1.82, 2.24) is 5.32 Å². The Balaban J connectivity index is 3.95. The predicted octanol–water partition coefficient (Wildman–Crippen LogP) is -3.24. The highest BCUT2D eigenvalue weighted by Gasteiger charge is 2.76. The fraction of sp³-hybridized carbons (Fsp3) is 0.688. The summed E-state index contributed by atoms with van der Waals surface area (Å²) in [6.07, 6.45) is -4.69. The summed E-state index contributed by atoms with van der Waals surface area (Å²) in [7, 11) is 0. The van der Waals surface area contributed by atoms with Gasteiger partial charge in [0, 0.05) is 13.8 Å². The number of ether oxygens (including phenoxy) is 1. The van der Waals surface area contributed by atoms with Gasteiger partial charge in [0.25, 0.3) is 5.79 Å². The Morgan fingerprint density at radius 3 is 1.59 bits per heavy atom.